The number of thiophene rings is 1. The van der Waals surface area contributed by atoms with E-state index in [0.717, 1.165) is 32.3 Å². The number of fused-ring (bicyclic) bond motifs is 1. The SMILES string of the molecule is Cc1nn(C)cc1CNC(=O)OC1CCc2c(sc(CC(=O)CC(C)c3ccccn3)c2C#N)C1. The number of rotatable bonds is 8. The predicted octanol–water partition coefficient (Wildman–Crippen LogP) is 4.15. The summed E-state index contributed by atoms with van der Waals surface area (Å²) in [7, 11) is 1.84. The molecule has 1 aliphatic carbocycles. The summed E-state index contributed by atoms with van der Waals surface area (Å²) in [6.45, 7) is 4.25. The van der Waals surface area contributed by atoms with Crippen molar-refractivity contribution in [1.82, 2.24) is 20.1 Å². The van der Waals surface area contributed by atoms with Crippen molar-refractivity contribution in [3.05, 3.63) is 68.4 Å². The number of hydrogen-bond donors (Lipinski definition) is 1. The minimum atomic E-state index is -0.460. The molecule has 3 heterocycles. The van der Waals surface area contributed by atoms with Crippen LogP contribution in [0.3, 0.4) is 0 Å². The molecule has 0 saturated heterocycles. The lowest BCUT2D eigenvalue weighted by Gasteiger charge is -2.22. The molecular weight excluding hydrogens is 462 g/mol. The minimum absolute atomic E-state index is 0.0237. The van der Waals surface area contributed by atoms with Gasteiger partial charge in [0, 0.05) is 72.2 Å². The molecule has 0 radical (unpaired) electrons. The Hall–Kier alpha value is -3.51. The average Bonchev–Trinajstić information content (AvgIpc) is 3.34. The second-order valence-electron chi connectivity index (χ2n) is 9.03. The molecule has 8 nitrogen and oxygen atoms in total. The molecule has 2 unspecified atom stereocenters. The summed E-state index contributed by atoms with van der Waals surface area (Å²) in [4.78, 5) is 31.3. The largest absolute Gasteiger partial charge is 0.446 e. The zero-order chi connectivity index (χ0) is 24.9. The number of carbonyl (C=O) groups excluding carboxylic acids is 2. The summed E-state index contributed by atoms with van der Waals surface area (Å²) in [5.74, 6) is 0.117. The number of nitrogens with zero attached hydrogens (tertiary/aromatic N) is 4. The topological polar surface area (TPSA) is 110 Å². The van der Waals surface area contributed by atoms with E-state index in [1.54, 1.807) is 10.9 Å². The average molecular weight is 492 g/mol. The molecule has 1 aliphatic rings. The maximum atomic E-state index is 12.8. The van der Waals surface area contributed by atoms with E-state index in [-0.39, 0.29) is 24.2 Å². The highest BCUT2D eigenvalue weighted by Gasteiger charge is 2.28. The Labute approximate surface area is 208 Å². The van der Waals surface area contributed by atoms with E-state index in [9.17, 15) is 14.9 Å². The van der Waals surface area contributed by atoms with Gasteiger partial charge in [-0.2, -0.15) is 10.4 Å². The highest BCUT2D eigenvalue weighted by Crippen LogP contribution is 2.36. The van der Waals surface area contributed by atoms with Crippen LogP contribution in [0.1, 0.15) is 63.5 Å². The smallest absolute Gasteiger partial charge is 0.407 e. The zero-order valence-electron chi connectivity index (χ0n) is 20.2. The van der Waals surface area contributed by atoms with Crippen LogP contribution in [0.2, 0.25) is 0 Å². The van der Waals surface area contributed by atoms with Gasteiger partial charge in [0.05, 0.1) is 11.3 Å². The van der Waals surface area contributed by atoms with E-state index < -0.39 is 6.09 Å². The lowest BCUT2D eigenvalue weighted by molar-refractivity contribution is -0.118. The van der Waals surface area contributed by atoms with Crippen molar-refractivity contribution in [3.8, 4) is 6.07 Å². The van der Waals surface area contributed by atoms with Crippen LogP contribution in [-0.2, 0) is 42.4 Å². The van der Waals surface area contributed by atoms with Crippen LogP contribution in [0, 0.1) is 18.3 Å². The molecular formula is C26H29N5O3S. The monoisotopic (exact) mass is 491 g/mol. The highest BCUT2D eigenvalue weighted by molar-refractivity contribution is 7.12. The number of Topliss-reactive ketones (excluding diaryl/α,β-unsaturated/α-hetero) is 1. The molecule has 0 aliphatic heterocycles. The van der Waals surface area contributed by atoms with Crippen LogP contribution in [0.5, 0.6) is 0 Å². The van der Waals surface area contributed by atoms with Crippen molar-refractivity contribution < 1.29 is 14.3 Å². The first-order valence-corrected chi connectivity index (χ1v) is 12.6. The standard InChI is InChI=1S/C26H29N5O3S/c1-16(23-6-4-5-9-28-23)10-19(32)11-24-22(13-27)21-8-7-20(12-25(21)35-24)34-26(33)29-14-18-15-31(3)30-17(18)2/h4-6,9,15-16,20H,7-8,10-12,14H2,1-3H3,(H,29,33). The molecule has 0 bridgehead atoms. The number of amides is 1. The number of aromatic nitrogens is 3. The lowest BCUT2D eigenvalue weighted by atomic mass is 9.92. The molecule has 182 valence electrons. The first-order chi connectivity index (χ1) is 16.8. The van der Waals surface area contributed by atoms with Gasteiger partial charge in [0.15, 0.2) is 0 Å². The summed E-state index contributed by atoms with van der Waals surface area (Å²) in [6.07, 6.45) is 5.39. The molecule has 2 atom stereocenters. The number of aryl methyl sites for hydroxylation is 2. The predicted molar refractivity (Wildman–Crippen MR) is 132 cm³/mol. The fourth-order valence-electron chi connectivity index (χ4n) is 4.51. The van der Waals surface area contributed by atoms with E-state index in [1.165, 1.54) is 11.3 Å². The summed E-state index contributed by atoms with van der Waals surface area (Å²) < 4.78 is 7.37. The third-order valence-corrected chi connectivity index (χ3v) is 7.56. The number of pyridine rings is 1. The lowest BCUT2D eigenvalue weighted by Crippen LogP contribution is -2.31. The fourth-order valence-corrected chi connectivity index (χ4v) is 5.91. The van der Waals surface area contributed by atoms with Crippen molar-refractivity contribution in [2.45, 2.75) is 64.5 Å². The van der Waals surface area contributed by atoms with Gasteiger partial charge in [-0.3, -0.25) is 14.5 Å². The van der Waals surface area contributed by atoms with Crippen molar-refractivity contribution in [2.24, 2.45) is 7.05 Å². The van der Waals surface area contributed by atoms with Crippen molar-refractivity contribution in [3.63, 3.8) is 0 Å². The molecule has 0 fully saturated rings. The van der Waals surface area contributed by atoms with Gasteiger partial charge in [0.25, 0.3) is 0 Å². The van der Waals surface area contributed by atoms with Gasteiger partial charge < -0.3 is 10.1 Å². The maximum Gasteiger partial charge on any atom is 0.407 e. The molecule has 4 rings (SSSR count). The fraction of sp³-hybridized carbons (Fsp3) is 0.423. The number of carbonyl (C=O) groups is 2. The third kappa shape index (κ3) is 5.95. The summed E-state index contributed by atoms with van der Waals surface area (Å²) in [6, 6.07) is 8.02. The van der Waals surface area contributed by atoms with Crippen LogP contribution < -0.4 is 5.32 Å². The normalized spacial score (nSPS) is 15.7. The maximum absolute atomic E-state index is 12.8. The van der Waals surface area contributed by atoms with Crippen LogP contribution in [0.25, 0.3) is 0 Å². The summed E-state index contributed by atoms with van der Waals surface area (Å²) >= 11 is 1.50. The Balaban J connectivity index is 1.34. The molecule has 0 aromatic carbocycles. The first kappa shape index (κ1) is 24.6. The Morgan fingerprint density at radius 1 is 1.40 bits per heavy atom. The van der Waals surface area contributed by atoms with Gasteiger partial charge in [-0.1, -0.05) is 13.0 Å². The molecule has 9 heteroatoms. The molecule has 1 N–H and O–H groups in total. The number of ketones is 1. The highest BCUT2D eigenvalue weighted by atomic mass is 32.1. The van der Waals surface area contributed by atoms with Crippen molar-refractivity contribution in [2.75, 3.05) is 0 Å². The molecule has 3 aromatic heterocycles. The molecule has 1 amide bonds. The van der Waals surface area contributed by atoms with Gasteiger partial charge >= 0.3 is 6.09 Å². The van der Waals surface area contributed by atoms with Crippen LogP contribution in [-0.4, -0.2) is 32.7 Å². The van der Waals surface area contributed by atoms with E-state index in [1.807, 2.05) is 45.3 Å². The minimum Gasteiger partial charge on any atom is -0.446 e. The van der Waals surface area contributed by atoms with E-state index in [2.05, 4.69) is 21.5 Å². The quantitative estimate of drug-likeness (QED) is 0.507. The second-order valence-corrected chi connectivity index (χ2v) is 10.2. The Bertz CT molecular complexity index is 1260. The molecule has 3 aromatic rings. The Morgan fingerprint density at radius 2 is 2.23 bits per heavy atom. The zero-order valence-corrected chi connectivity index (χ0v) is 21.0. The van der Waals surface area contributed by atoms with Gasteiger partial charge in [0.1, 0.15) is 18.0 Å². The number of ether oxygens (including phenoxy) is 1. The first-order valence-electron chi connectivity index (χ1n) is 11.7. The van der Waals surface area contributed by atoms with Gasteiger partial charge in [0.2, 0.25) is 0 Å². The van der Waals surface area contributed by atoms with E-state index in [4.69, 9.17) is 4.74 Å². The Kier molecular flexibility index (Phi) is 7.61. The summed E-state index contributed by atoms with van der Waals surface area (Å²) in [5.41, 5.74) is 4.33. The second kappa shape index (κ2) is 10.8. The number of nitrogens with one attached hydrogen (secondary N) is 1. The van der Waals surface area contributed by atoms with Crippen molar-refractivity contribution in [1.29, 1.82) is 5.26 Å². The molecule has 0 saturated carbocycles. The summed E-state index contributed by atoms with van der Waals surface area (Å²) in [5, 5.41) is 16.9. The molecule has 35 heavy (non-hydrogen) atoms. The van der Waals surface area contributed by atoms with Crippen LogP contribution in [0.15, 0.2) is 30.6 Å². The number of nitriles is 1. The Morgan fingerprint density at radius 3 is 2.91 bits per heavy atom. The van der Waals surface area contributed by atoms with Crippen molar-refractivity contribution >= 4 is 23.2 Å². The number of alkyl carbamates (subject to hydrolysis) is 1. The van der Waals surface area contributed by atoms with E-state index >= 15 is 0 Å². The van der Waals surface area contributed by atoms with Gasteiger partial charge in [-0.15, -0.1) is 11.3 Å². The molecule has 0 spiro atoms. The third-order valence-electron chi connectivity index (χ3n) is 6.30. The van der Waals surface area contributed by atoms with E-state index in [0.29, 0.717) is 37.8 Å². The van der Waals surface area contributed by atoms with Gasteiger partial charge in [-0.05, 0) is 37.5 Å². The van der Waals surface area contributed by atoms with Crippen LogP contribution in [0.4, 0.5) is 4.79 Å². The van der Waals surface area contributed by atoms with Gasteiger partial charge in [-0.25, -0.2) is 4.79 Å². The van der Waals surface area contributed by atoms with Crippen LogP contribution >= 0.6 is 11.3 Å². The number of hydrogen-bond acceptors (Lipinski definition) is 7.